The lowest BCUT2D eigenvalue weighted by molar-refractivity contribution is -0.120. The van der Waals surface area contributed by atoms with Gasteiger partial charge in [-0.05, 0) is 43.4 Å². The molecule has 0 bridgehead atoms. The number of methoxy groups -OCH3 is 1. The van der Waals surface area contributed by atoms with Gasteiger partial charge in [0, 0.05) is 18.7 Å². The molecule has 0 unspecified atom stereocenters. The van der Waals surface area contributed by atoms with Gasteiger partial charge in [-0.1, -0.05) is 44.2 Å². The summed E-state index contributed by atoms with van der Waals surface area (Å²) in [6, 6.07) is 14.6. The highest BCUT2D eigenvalue weighted by Gasteiger charge is 2.44. The van der Waals surface area contributed by atoms with Crippen LogP contribution < -0.4 is 14.4 Å². The zero-order valence-electron chi connectivity index (χ0n) is 19.0. The molecule has 32 heavy (non-hydrogen) atoms. The molecule has 0 saturated carbocycles. The summed E-state index contributed by atoms with van der Waals surface area (Å²) in [6.07, 6.45) is 2.80. The molecular weight excluding hydrogens is 404 g/mol. The van der Waals surface area contributed by atoms with Crippen molar-refractivity contribution in [1.29, 1.82) is 0 Å². The molecule has 2 aromatic rings. The predicted octanol–water partition coefficient (Wildman–Crippen LogP) is 4.50. The SMILES string of the molecule is CCCOc1ccccc1N1C(=O)C(c2ccccc2OC)=C(N2CCC(C)CC2)C1=O. The minimum absolute atomic E-state index is 0.307. The first-order valence-electron chi connectivity index (χ1n) is 11.3. The maximum Gasteiger partial charge on any atom is 0.282 e. The molecule has 2 aliphatic heterocycles. The van der Waals surface area contributed by atoms with Crippen molar-refractivity contribution in [2.75, 3.05) is 31.7 Å². The fourth-order valence-corrected chi connectivity index (χ4v) is 4.33. The smallest absolute Gasteiger partial charge is 0.282 e. The summed E-state index contributed by atoms with van der Waals surface area (Å²) in [4.78, 5) is 31.0. The molecule has 6 heteroatoms. The summed E-state index contributed by atoms with van der Waals surface area (Å²) >= 11 is 0. The van der Waals surface area contributed by atoms with Crippen LogP contribution in [0.4, 0.5) is 5.69 Å². The molecule has 2 aliphatic rings. The van der Waals surface area contributed by atoms with Crippen LogP contribution >= 0.6 is 0 Å². The summed E-state index contributed by atoms with van der Waals surface area (Å²) in [5.41, 5.74) is 1.96. The van der Waals surface area contributed by atoms with Crippen molar-refractivity contribution < 1.29 is 19.1 Å². The maximum atomic E-state index is 13.8. The first-order chi connectivity index (χ1) is 15.6. The fraction of sp³-hybridized carbons (Fsp3) is 0.385. The fourth-order valence-electron chi connectivity index (χ4n) is 4.33. The summed E-state index contributed by atoms with van der Waals surface area (Å²) in [7, 11) is 1.58. The van der Waals surface area contributed by atoms with Gasteiger partial charge in [0.1, 0.15) is 17.2 Å². The zero-order chi connectivity index (χ0) is 22.7. The van der Waals surface area contributed by atoms with E-state index in [1.54, 1.807) is 19.2 Å². The van der Waals surface area contributed by atoms with Gasteiger partial charge < -0.3 is 14.4 Å². The lowest BCUT2D eigenvalue weighted by atomic mass is 9.97. The van der Waals surface area contributed by atoms with Crippen LogP contribution in [0.5, 0.6) is 11.5 Å². The van der Waals surface area contributed by atoms with Gasteiger partial charge in [-0.25, -0.2) is 4.90 Å². The Morgan fingerprint density at radius 2 is 1.59 bits per heavy atom. The van der Waals surface area contributed by atoms with Gasteiger partial charge in [0.05, 0.1) is 25.0 Å². The van der Waals surface area contributed by atoms with Gasteiger partial charge in [0.15, 0.2) is 0 Å². The van der Waals surface area contributed by atoms with Crippen LogP contribution in [0.2, 0.25) is 0 Å². The highest BCUT2D eigenvalue weighted by Crippen LogP contribution is 2.41. The van der Waals surface area contributed by atoms with E-state index in [0.29, 0.717) is 46.5 Å². The molecule has 6 nitrogen and oxygen atoms in total. The van der Waals surface area contributed by atoms with Crippen molar-refractivity contribution in [3.63, 3.8) is 0 Å². The van der Waals surface area contributed by atoms with E-state index in [-0.39, 0.29) is 11.8 Å². The lowest BCUT2D eigenvalue weighted by Crippen LogP contribution is -2.38. The standard InChI is InChI=1S/C26H30N2O4/c1-4-17-32-22-12-8-6-10-20(22)28-25(29)23(19-9-5-7-11-21(19)31-3)24(26(28)30)27-15-13-18(2)14-16-27/h5-12,18H,4,13-17H2,1-3H3. The number of rotatable bonds is 7. The number of hydrogen-bond acceptors (Lipinski definition) is 5. The first-order valence-corrected chi connectivity index (χ1v) is 11.3. The summed E-state index contributed by atoms with van der Waals surface area (Å²) in [5.74, 6) is 1.06. The molecule has 0 atom stereocenters. The van der Waals surface area contributed by atoms with Gasteiger partial charge in [0.25, 0.3) is 11.8 Å². The van der Waals surface area contributed by atoms with Crippen molar-refractivity contribution >= 4 is 23.1 Å². The molecule has 2 aromatic carbocycles. The Bertz CT molecular complexity index is 1040. The van der Waals surface area contributed by atoms with Gasteiger partial charge in [-0.3, -0.25) is 9.59 Å². The monoisotopic (exact) mass is 434 g/mol. The van der Waals surface area contributed by atoms with E-state index in [1.807, 2.05) is 43.3 Å². The van der Waals surface area contributed by atoms with Crippen LogP contribution in [0.1, 0.15) is 38.7 Å². The summed E-state index contributed by atoms with van der Waals surface area (Å²) in [5, 5.41) is 0. The highest BCUT2D eigenvalue weighted by atomic mass is 16.5. The van der Waals surface area contributed by atoms with Crippen molar-refractivity contribution in [2.45, 2.75) is 33.1 Å². The average Bonchev–Trinajstić information content (AvgIpc) is 3.08. The number of anilines is 1. The normalized spacial score (nSPS) is 17.3. The number of carbonyl (C=O) groups is 2. The topological polar surface area (TPSA) is 59.1 Å². The molecule has 0 spiro atoms. The Morgan fingerprint density at radius 1 is 0.938 bits per heavy atom. The lowest BCUT2D eigenvalue weighted by Gasteiger charge is -2.32. The summed E-state index contributed by atoms with van der Waals surface area (Å²) in [6.45, 7) is 6.25. The third-order valence-electron chi connectivity index (χ3n) is 6.10. The molecular formula is C26H30N2O4. The second kappa shape index (κ2) is 9.47. The van der Waals surface area contributed by atoms with Crippen molar-refractivity contribution in [3.8, 4) is 11.5 Å². The van der Waals surface area contributed by atoms with Gasteiger partial charge in [0.2, 0.25) is 0 Å². The quantitative estimate of drug-likeness (QED) is 0.601. The average molecular weight is 435 g/mol. The van der Waals surface area contributed by atoms with E-state index in [4.69, 9.17) is 9.47 Å². The molecule has 1 fully saturated rings. The molecule has 1 saturated heterocycles. The van der Waals surface area contributed by atoms with Crippen LogP contribution in [-0.4, -0.2) is 43.5 Å². The third-order valence-corrected chi connectivity index (χ3v) is 6.10. The van der Waals surface area contributed by atoms with E-state index in [0.717, 1.165) is 32.4 Å². The molecule has 0 radical (unpaired) electrons. The Kier molecular flexibility index (Phi) is 6.49. The Labute approximate surface area is 189 Å². The minimum Gasteiger partial charge on any atom is -0.496 e. The first kappa shape index (κ1) is 21.9. The van der Waals surface area contributed by atoms with E-state index in [2.05, 4.69) is 11.8 Å². The van der Waals surface area contributed by atoms with Crippen LogP contribution in [-0.2, 0) is 9.59 Å². The number of imide groups is 1. The molecule has 0 N–H and O–H groups in total. The number of likely N-dealkylation sites (tertiary alicyclic amines) is 1. The largest absolute Gasteiger partial charge is 0.496 e. The molecule has 0 aliphatic carbocycles. The summed E-state index contributed by atoms with van der Waals surface area (Å²) < 4.78 is 11.4. The Morgan fingerprint density at radius 3 is 2.28 bits per heavy atom. The third kappa shape index (κ3) is 3.97. The second-order valence-corrected chi connectivity index (χ2v) is 8.36. The van der Waals surface area contributed by atoms with E-state index < -0.39 is 0 Å². The number of hydrogen-bond donors (Lipinski definition) is 0. The van der Waals surface area contributed by atoms with E-state index in [9.17, 15) is 9.59 Å². The maximum absolute atomic E-state index is 13.8. The van der Waals surface area contributed by atoms with Crippen LogP contribution in [0.3, 0.4) is 0 Å². The highest BCUT2D eigenvalue weighted by molar-refractivity contribution is 6.46. The number of piperidine rings is 1. The molecule has 2 amide bonds. The molecule has 2 heterocycles. The number of para-hydroxylation sites is 3. The molecule has 168 valence electrons. The van der Waals surface area contributed by atoms with Crippen molar-refractivity contribution in [2.24, 2.45) is 5.92 Å². The van der Waals surface area contributed by atoms with Gasteiger partial charge in [-0.15, -0.1) is 0 Å². The number of amides is 2. The minimum atomic E-state index is -0.347. The number of benzene rings is 2. The number of nitrogens with zero attached hydrogens (tertiary/aromatic N) is 2. The Hall–Kier alpha value is -3.28. The number of ether oxygens (including phenoxy) is 2. The van der Waals surface area contributed by atoms with Crippen LogP contribution in [0.25, 0.3) is 5.57 Å². The predicted molar refractivity (Wildman–Crippen MR) is 125 cm³/mol. The van der Waals surface area contributed by atoms with E-state index in [1.165, 1.54) is 4.90 Å². The van der Waals surface area contributed by atoms with Crippen molar-refractivity contribution in [3.05, 3.63) is 59.8 Å². The van der Waals surface area contributed by atoms with Gasteiger partial charge in [-0.2, -0.15) is 0 Å². The zero-order valence-corrected chi connectivity index (χ0v) is 19.0. The molecule has 0 aromatic heterocycles. The van der Waals surface area contributed by atoms with Crippen LogP contribution in [0.15, 0.2) is 54.2 Å². The molecule has 4 rings (SSSR count). The number of carbonyl (C=O) groups excluding carboxylic acids is 2. The Balaban J connectivity index is 1.83. The van der Waals surface area contributed by atoms with E-state index >= 15 is 0 Å². The second-order valence-electron chi connectivity index (χ2n) is 8.36. The van der Waals surface area contributed by atoms with Crippen LogP contribution in [0, 0.1) is 5.92 Å². The van der Waals surface area contributed by atoms with Gasteiger partial charge >= 0.3 is 0 Å². The van der Waals surface area contributed by atoms with Crippen molar-refractivity contribution in [1.82, 2.24) is 4.90 Å².